The normalized spacial score (nSPS) is 14.4. The third-order valence-corrected chi connectivity index (χ3v) is 5.01. The van der Waals surface area contributed by atoms with E-state index in [0.717, 1.165) is 34.6 Å². The second-order valence-corrected chi connectivity index (χ2v) is 6.32. The molecular weight excluding hydrogens is 294 g/mol. The van der Waals surface area contributed by atoms with Crippen molar-refractivity contribution in [1.82, 2.24) is 15.0 Å². The lowest BCUT2D eigenvalue weighted by molar-refractivity contribution is 0.700. The maximum atomic E-state index is 4.42. The highest BCUT2D eigenvalue weighted by atomic mass is 32.1. The molecule has 0 atom stereocenters. The average Bonchev–Trinajstić information content (AvgIpc) is 2.95. The van der Waals surface area contributed by atoms with Crippen molar-refractivity contribution >= 4 is 33.6 Å². The summed E-state index contributed by atoms with van der Waals surface area (Å²) in [6.45, 7) is 0. The van der Waals surface area contributed by atoms with Gasteiger partial charge in [-0.05, 0) is 43.4 Å². The molecule has 0 saturated carbocycles. The van der Waals surface area contributed by atoms with E-state index in [1.54, 1.807) is 30.1 Å². The Labute approximate surface area is 132 Å². The molecule has 0 radical (unpaired) electrons. The first-order chi connectivity index (χ1) is 10.9. The molecule has 0 aromatic carbocycles. The highest BCUT2D eigenvalue weighted by Crippen LogP contribution is 2.37. The predicted octanol–water partition coefficient (Wildman–Crippen LogP) is 3.41. The standard InChI is InChI=1S/C16H15N5S/c1-2-7-13-12(6-1)14-15(18-10-19-16(14)22-13)21-20-9-11-5-3-4-8-17-11/h3-5,8-10H,1-2,6-7H2,(H,18,19,21)/b20-9+. The van der Waals surface area contributed by atoms with Gasteiger partial charge < -0.3 is 0 Å². The molecule has 1 aliphatic carbocycles. The minimum absolute atomic E-state index is 0.789. The number of hydrogen-bond acceptors (Lipinski definition) is 6. The Morgan fingerprint density at radius 3 is 3.00 bits per heavy atom. The number of thiophene rings is 1. The molecule has 3 aromatic heterocycles. The number of hydrogen-bond donors (Lipinski definition) is 1. The van der Waals surface area contributed by atoms with Crippen LogP contribution in [-0.4, -0.2) is 21.2 Å². The van der Waals surface area contributed by atoms with Gasteiger partial charge in [-0.25, -0.2) is 9.97 Å². The van der Waals surface area contributed by atoms with Gasteiger partial charge in [0.05, 0.1) is 17.3 Å². The SMILES string of the molecule is C(=N\Nc1ncnc2sc3c(c12)CCCC3)/c1ccccn1. The highest BCUT2D eigenvalue weighted by molar-refractivity contribution is 7.19. The Morgan fingerprint density at radius 2 is 2.09 bits per heavy atom. The van der Waals surface area contributed by atoms with Crippen LogP contribution in [-0.2, 0) is 12.8 Å². The molecule has 0 saturated heterocycles. The van der Waals surface area contributed by atoms with Crippen molar-refractivity contribution in [1.29, 1.82) is 0 Å². The van der Waals surface area contributed by atoms with Crippen LogP contribution in [0.3, 0.4) is 0 Å². The van der Waals surface area contributed by atoms with E-state index in [-0.39, 0.29) is 0 Å². The molecule has 1 N–H and O–H groups in total. The second-order valence-electron chi connectivity index (χ2n) is 5.24. The molecule has 22 heavy (non-hydrogen) atoms. The third-order valence-electron chi connectivity index (χ3n) is 3.81. The number of aryl methyl sites for hydroxylation is 2. The Kier molecular flexibility index (Phi) is 3.52. The van der Waals surface area contributed by atoms with E-state index >= 15 is 0 Å². The molecule has 0 unspecified atom stereocenters. The Morgan fingerprint density at radius 1 is 1.14 bits per heavy atom. The van der Waals surface area contributed by atoms with E-state index in [4.69, 9.17) is 0 Å². The van der Waals surface area contributed by atoms with Gasteiger partial charge >= 0.3 is 0 Å². The van der Waals surface area contributed by atoms with Gasteiger partial charge in [0.15, 0.2) is 5.82 Å². The first-order valence-electron chi connectivity index (χ1n) is 7.37. The van der Waals surface area contributed by atoms with Gasteiger partial charge in [0.2, 0.25) is 0 Å². The Balaban J connectivity index is 1.67. The van der Waals surface area contributed by atoms with Gasteiger partial charge in [-0.1, -0.05) is 6.07 Å². The molecule has 0 bridgehead atoms. The molecule has 0 amide bonds. The minimum atomic E-state index is 0.789. The lowest BCUT2D eigenvalue weighted by Crippen LogP contribution is -2.01. The summed E-state index contributed by atoms with van der Waals surface area (Å²) >= 11 is 1.79. The summed E-state index contributed by atoms with van der Waals surface area (Å²) in [5.74, 6) is 0.789. The quantitative estimate of drug-likeness (QED) is 0.595. The van der Waals surface area contributed by atoms with Crippen LogP contribution in [0.15, 0.2) is 35.8 Å². The number of hydrazone groups is 1. The van der Waals surface area contributed by atoms with Crippen LogP contribution in [0, 0.1) is 0 Å². The molecule has 110 valence electrons. The van der Waals surface area contributed by atoms with Crippen LogP contribution in [0.25, 0.3) is 10.2 Å². The molecule has 0 aliphatic heterocycles. The maximum absolute atomic E-state index is 4.42. The van der Waals surface area contributed by atoms with Crippen LogP contribution in [0.5, 0.6) is 0 Å². The fourth-order valence-corrected chi connectivity index (χ4v) is 4.02. The van der Waals surface area contributed by atoms with Crippen molar-refractivity contribution in [2.24, 2.45) is 5.10 Å². The Bertz CT molecular complexity index is 825. The van der Waals surface area contributed by atoms with Gasteiger partial charge in [0.25, 0.3) is 0 Å². The lowest BCUT2D eigenvalue weighted by atomic mass is 9.97. The van der Waals surface area contributed by atoms with E-state index in [0.29, 0.717) is 0 Å². The van der Waals surface area contributed by atoms with Crippen molar-refractivity contribution in [3.05, 3.63) is 46.9 Å². The molecule has 5 nitrogen and oxygen atoms in total. The monoisotopic (exact) mass is 309 g/mol. The largest absolute Gasteiger partial charge is 0.261 e. The van der Waals surface area contributed by atoms with Gasteiger partial charge in [-0.3, -0.25) is 10.4 Å². The van der Waals surface area contributed by atoms with E-state index in [2.05, 4.69) is 25.5 Å². The molecule has 4 rings (SSSR count). The number of aromatic nitrogens is 3. The van der Waals surface area contributed by atoms with Crippen LogP contribution < -0.4 is 5.43 Å². The summed E-state index contributed by atoms with van der Waals surface area (Å²) in [6.07, 6.45) is 9.84. The van der Waals surface area contributed by atoms with E-state index in [1.165, 1.54) is 23.3 Å². The van der Waals surface area contributed by atoms with E-state index in [1.807, 2.05) is 18.2 Å². The van der Waals surface area contributed by atoms with Crippen molar-refractivity contribution < 1.29 is 0 Å². The van der Waals surface area contributed by atoms with Crippen LogP contribution >= 0.6 is 11.3 Å². The van der Waals surface area contributed by atoms with Gasteiger partial charge in [-0.15, -0.1) is 11.3 Å². The number of rotatable bonds is 3. The average molecular weight is 309 g/mol. The summed E-state index contributed by atoms with van der Waals surface area (Å²) in [5.41, 5.74) is 5.27. The highest BCUT2D eigenvalue weighted by Gasteiger charge is 2.19. The summed E-state index contributed by atoms with van der Waals surface area (Å²) in [6, 6.07) is 5.73. The fraction of sp³-hybridized carbons (Fsp3) is 0.250. The summed E-state index contributed by atoms with van der Waals surface area (Å²) in [4.78, 5) is 15.5. The van der Waals surface area contributed by atoms with Crippen LogP contribution in [0.2, 0.25) is 0 Å². The number of anilines is 1. The van der Waals surface area contributed by atoms with E-state index in [9.17, 15) is 0 Å². The predicted molar refractivity (Wildman–Crippen MR) is 89.5 cm³/mol. The maximum Gasteiger partial charge on any atom is 0.158 e. The molecule has 3 heterocycles. The lowest BCUT2D eigenvalue weighted by Gasteiger charge is -2.11. The minimum Gasteiger partial charge on any atom is -0.261 e. The van der Waals surface area contributed by atoms with Gasteiger partial charge in [0.1, 0.15) is 11.2 Å². The molecule has 6 heteroatoms. The number of pyridine rings is 1. The first-order valence-corrected chi connectivity index (χ1v) is 8.19. The van der Waals surface area contributed by atoms with E-state index < -0.39 is 0 Å². The molecular formula is C16H15N5S. The van der Waals surface area contributed by atoms with Crippen molar-refractivity contribution in [3.63, 3.8) is 0 Å². The molecule has 1 aliphatic rings. The third kappa shape index (κ3) is 2.46. The summed E-state index contributed by atoms with van der Waals surface area (Å²) in [5, 5.41) is 5.41. The zero-order valence-corrected chi connectivity index (χ0v) is 12.8. The number of nitrogens with one attached hydrogen (secondary N) is 1. The topological polar surface area (TPSA) is 63.1 Å². The zero-order chi connectivity index (χ0) is 14.8. The van der Waals surface area contributed by atoms with Gasteiger partial charge in [-0.2, -0.15) is 5.10 Å². The second kappa shape index (κ2) is 5.81. The summed E-state index contributed by atoms with van der Waals surface area (Å²) < 4.78 is 0. The smallest absolute Gasteiger partial charge is 0.158 e. The van der Waals surface area contributed by atoms with Crippen LogP contribution in [0.4, 0.5) is 5.82 Å². The number of nitrogens with zero attached hydrogens (tertiary/aromatic N) is 4. The van der Waals surface area contributed by atoms with Crippen molar-refractivity contribution in [2.45, 2.75) is 25.7 Å². The molecule has 0 spiro atoms. The van der Waals surface area contributed by atoms with Gasteiger partial charge in [0, 0.05) is 11.1 Å². The van der Waals surface area contributed by atoms with Crippen LogP contribution in [0.1, 0.15) is 29.0 Å². The summed E-state index contributed by atoms with van der Waals surface area (Å²) in [7, 11) is 0. The van der Waals surface area contributed by atoms with Crippen molar-refractivity contribution in [3.8, 4) is 0 Å². The number of fused-ring (bicyclic) bond motifs is 3. The molecule has 3 aromatic rings. The molecule has 0 fully saturated rings. The zero-order valence-electron chi connectivity index (χ0n) is 12.0. The Hall–Kier alpha value is -2.34. The fourth-order valence-electron chi connectivity index (χ4n) is 2.79. The first kappa shape index (κ1) is 13.3. The van der Waals surface area contributed by atoms with Crippen molar-refractivity contribution in [2.75, 3.05) is 5.43 Å².